The molecule has 0 heterocycles. The number of carbonyl (C=O) groups excluding carboxylic acids is 2. The molecular formula is C17H32N2O5. The van der Waals surface area contributed by atoms with Crippen LogP contribution in [0, 0.1) is 0 Å². The molecule has 24 heavy (non-hydrogen) atoms. The largest absolute Gasteiger partial charge is 0.481 e. The van der Waals surface area contributed by atoms with E-state index in [0.29, 0.717) is 38.6 Å². The molecule has 140 valence electrons. The number of carboxylic acids is 1. The van der Waals surface area contributed by atoms with E-state index in [1.807, 2.05) is 0 Å². The molecular weight excluding hydrogens is 312 g/mol. The van der Waals surface area contributed by atoms with Crippen LogP contribution in [0.2, 0.25) is 0 Å². The Bertz CT molecular complexity index is 404. The van der Waals surface area contributed by atoms with Gasteiger partial charge >= 0.3 is 11.9 Å². The summed E-state index contributed by atoms with van der Waals surface area (Å²) >= 11 is 0. The topological polar surface area (TPSA) is 119 Å². The van der Waals surface area contributed by atoms with Gasteiger partial charge in [-0.25, -0.2) is 0 Å². The van der Waals surface area contributed by atoms with Crippen LogP contribution in [0.1, 0.15) is 72.1 Å². The molecule has 0 aliphatic rings. The number of hydrogen-bond donors (Lipinski definition) is 3. The van der Waals surface area contributed by atoms with Gasteiger partial charge < -0.3 is 20.9 Å². The molecule has 0 saturated heterocycles. The maximum absolute atomic E-state index is 11.7. The van der Waals surface area contributed by atoms with E-state index < -0.39 is 23.6 Å². The number of nitrogens with one attached hydrogen (secondary N) is 1. The predicted octanol–water partition coefficient (Wildman–Crippen LogP) is 1.98. The third-order valence-electron chi connectivity index (χ3n) is 3.27. The summed E-state index contributed by atoms with van der Waals surface area (Å²) in [7, 11) is 0. The second kappa shape index (κ2) is 11.8. The standard InChI is InChI=1S/C17H32N2O5/c1-17(2,3)24-16(23)13(18)9-6-7-10-14(20)19-12-8-4-5-11-15(21)22/h13H,4-12,18H2,1-3H3,(H,19,20)(H,21,22). The molecule has 0 spiro atoms. The SMILES string of the molecule is CC(C)(C)OC(=O)C(N)CCCCC(=O)NCCCCCC(=O)O. The molecule has 0 saturated carbocycles. The molecule has 0 bridgehead atoms. The summed E-state index contributed by atoms with van der Waals surface area (Å²) in [6.45, 7) is 5.95. The Labute approximate surface area is 144 Å². The molecule has 0 rings (SSSR count). The number of unbranched alkanes of at least 4 members (excludes halogenated alkanes) is 3. The highest BCUT2D eigenvalue weighted by molar-refractivity contribution is 5.76. The number of aliphatic carboxylic acids is 1. The lowest BCUT2D eigenvalue weighted by molar-refractivity contribution is -0.156. The van der Waals surface area contributed by atoms with Gasteiger partial charge in [-0.1, -0.05) is 12.8 Å². The van der Waals surface area contributed by atoms with Crippen LogP contribution in [0.15, 0.2) is 0 Å². The van der Waals surface area contributed by atoms with Crippen molar-refractivity contribution in [2.45, 2.75) is 83.8 Å². The highest BCUT2D eigenvalue weighted by atomic mass is 16.6. The van der Waals surface area contributed by atoms with Crippen LogP contribution >= 0.6 is 0 Å². The number of nitrogens with two attached hydrogens (primary N) is 1. The number of hydrogen-bond acceptors (Lipinski definition) is 5. The Balaban J connectivity index is 3.61. The summed E-state index contributed by atoms with van der Waals surface area (Å²) in [5, 5.41) is 11.3. The highest BCUT2D eigenvalue weighted by Gasteiger charge is 2.21. The second-order valence-electron chi connectivity index (χ2n) is 6.94. The molecule has 0 aromatic heterocycles. The fourth-order valence-electron chi connectivity index (χ4n) is 2.04. The van der Waals surface area contributed by atoms with Crippen LogP contribution in [0.5, 0.6) is 0 Å². The number of ether oxygens (including phenoxy) is 1. The zero-order chi connectivity index (χ0) is 18.6. The van der Waals surface area contributed by atoms with Gasteiger partial charge in [0.05, 0.1) is 0 Å². The van der Waals surface area contributed by atoms with Crippen molar-refractivity contribution >= 4 is 17.8 Å². The maximum Gasteiger partial charge on any atom is 0.323 e. The maximum atomic E-state index is 11.7. The van der Waals surface area contributed by atoms with E-state index in [4.69, 9.17) is 15.6 Å². The highest BCUT2D eigenvalue weighted by Crippen LogP contribution is 2.10. The lowest BCUT2D eigenvalue weighted by atomic mass is 10.1. The molecule has 1 amide bonds. The van der Waals surface area contributed by atoms with Crippen molar-refractivity contribution in [1.82, 2.24) is 5.32 Å². The molecule has 0 fully saturated rings. The van der Waals surface area contributed by atoms with E-state index in [1.54, 1.807) is 20.8 Å². The van der Waals surface area contributed by atoms with E-state index in [1.165, 1.54) is 0 Å². The summed E-state index contributed by atoms with van der Waals surface area (Å²) < 4.78 is 5.20. The summed E-state index contributed by atoms with van der Waals surface area (Å²) in [6.07, 6.45) is 4.63. The molecule has 0 aromatic rings. The van der Waals surface area contributed by atoms with Crippen molar-refractivity contribution in [2.75, 3.05) is 6.54 Å². The minimum absolute atomic E-state index is 0.0286. The van der Waals surface area contributed by atoms with Gasteiger partial charge in [-0.05, 0) is 46.5 Å². The van der Waals surface area contributed by atoms with Crippen molar-refractivity contribution in [1.29, 1.82) is 0 Å². The molecule has 7 nitrogen and oxygen atoms in total. The van der Waals surface area contributed by atoms with Crippen LogP contribution in [-0.2, 0) is 19.1 Å². The van der Waals surface area contributed by atoms with Gasteiger partial charge in [-0.2, -0.15) is 0 Å². The fourth-order valence-corrected chi connectivity index (χ4v) is 2.04. The average Bonchev–Trinajstić information content (AvgIpc) is 2.44. The van der Waals surface area contributed by atoms with E-state index >= 15 is 0 Å². The Morgan fingerprint density at radius 1 is 1.04 bits per heavy atom. The van der Waals surface area contributed by atoms with Gasteiger partial charge in [-0.15, -0.1) is 0 Å². The molecule has 0 aromatic carbocycles. The number of esters is 1. The van der Waals surface area contributed by atoms with Gasteiger partial charge in [-0.3, -0.25) is 14.4 Å². The molecule has 4 N–H and O–H groups in total. The van der Waals surface area contributed by atoms with Crippen molar-refractivity contribution in [3.8, 4) is 0 Å². The Morgan fingerprint density at radius 2 is 1.67 bits per heavy atom. The average molecular weight is 344 g/mol. The van der Waals surface area contributed by atoms with Crippen molar-refractivity contribution in [3.05, 3.63) is 0 Å². The Kier molecular flexibility index (Phi) is 11.0. The minimum atomic E-state index is -0.788. The smallest absolute Gasteiger partial charge is 0.323 e. The van der Waals surface area contributed by atoms with Gasteiger partial charge in [0, 0.05) is 19.4 Å². The lowest BCUT2D eigenvalue weighted by Crippen LogP contribution is -2.37. The zero-order valence-corrected chi connectivity index (χ0v) is 15.1. The van der Waals surface area contributed by atoms with Crippen LogP contribution in [-0.4, -0.2) is 41.1 Å². The molecule has 0 aliphatic heterocycles. The zero-order valence-electron chi connectivity index (χ0n) is 15.1. The molecule has 0 radical (unpaired) electrons. The number of carbonyl (C=O) groups is 3. The van der Waals surface area contributed by atoms with Crippen molar-refractivity contribution in [2.24, 2.45) is 5.73 Å². The van der Waals surface area contributed by atoms with Crippen LogP contribution in [0.4, 0.5) is 0 Å². The molecule has 1 unspecified atom stereocenters. The first-order chi connectivity index (χ1) is 11.1. The summed E-state index contributed by atoms with van der Waals surface area (Å²) in [5.41, 5.74) is 5.23. The summed E-state index contributed by atoms with van der Waals surface area (Å²) in [5.74, 6) is -1.23. The predicted molar refractivity (Wildman–Crippen MR) is 91.4 cm³/mol. The van der Waals surface area contributed by atoms with Crippen molar-refractivity contribution in [3.63, 3.8) is 0 Å². The first-order valence-corrected chi connectivity index (χ1v) is 8.59. The number of amides is 1. The number of carboxylic acid groups (broad SMARTS) is 1. The Hall–Kier alpha value is -1.63. The molecule has 1 atom stereocenters. The first-order valence-electron chi connectivity index (χ1n) is 8.59. The fraction of sp³-hybridized carbons (Fsp3) is 0.824. The number of rotatable bonds is 12. The first kappa shape index (κ1) is 22.4. The van der Waals surface area contributed by atoms with Gasteiger partial charge in [0.1, 0.15) is 11.6 Å². The second-order valence-corrected chi connectivity index (χ2v) is 6.94. The monoisotopic (exact) mass is 344 g/mol. The van der Waals surface area contributed by atoms with Gasteiger partial charge in [0.25, 0.3) is 0 Å². The Morgan fingerprint density at radius 3 is 2.25 bits per heavy atom. The summed E-state index contributed by atoms with van der Waals surface area (Å²) in [4.78, 5) is 33.7. The third kappa shape index (κ3) is 14.0. The minimum Gasteiger partial charge on any atom is -0.481 e. The molecule has 7 heteroatoms. The third-order valence-corrected chi connectivity index (χ3v) is 3.27. The molecule has 0 aliphatic carbocycles. The normalized spacial score (nSPS) is 12.5. The van der Waals surface area contributed by atoms with Crippen molar-refractivity contribution < 1.29 is 24.2 Å². The van der Waals surface area contributed by atoms with E-state index in [-0.39, 0.29) is 12.3 Å². The van der Waals surface area contributed by atoms with Crippen LogP contribution in [0.3, 0.4) is 0 Å². The van der Waals surface area contributed by atoms with Crippen LogP contribution in [0.25, 0.3) is 0 Å². The van der Waals surface area contributed by atoms with Gasteiger partial charge in [0.2, 0.25) is 5.91 Å². The van der Waals surface area contributed by atoms with E-state index in [2.05, 4.69) is 5.32 Å². The van der Waals surface area contributed by atoms with Gasteiger partial charge in [0.15, 0.2) is 0 Å². The summed E-state index contributed by atoms with van der Waals surface area (Å²) in [6, 6.07) is -0.651. The van der Waals surface area contributed by atoms with E-state index in [9.17, 15) is 14.4 Å². The van der Waals surface area contributed by atoms with Crippen LogP contribution < -0.4 is 11.1 Å². The van der Waals surface area contributed by atoms with E-state index in [0.717, 1.165) is 12.8 Å². The lowest BCUT2D eigenvalue weighted by Gasteiger charge is -2.22. The quantitative estimate of drug-likeness (QED) is 0.368.